The summed E-state index contributed by atoms with van der Waals surface area (Å²) < 4.78 is 5.80. The molecule has 254 valence electrons. The molecule has 51 heavy (non-hydrogen) atoms. The summed E-state index contributed by atoms with van der Waals surface area (Å²) in [7, 11) is -0.132. The van der Waals surface area contributed by atoms with Gasteiger partial charge in [-0.25, -0.2) is 4.99 Å². The average molecular weight is 752 g/mol. The minimum Gasteiger partial charge on any atom is -1.00 e. The molecule has 2 N–H and O–H groups in total. The number of ether oxygens (including phenoxy) is 1. The van der Waals surface area contributed by atoms with Gasteiger partial charge in [0.2, 0.25) is 0 Å². The fraction of sp³-hybridized carbons (Fsp3) is 0.0889. The van der Waals surface area contributed by atoms with Gasteiger partial charge < -0.3 is 31.6 Å². The van der Waals surface area contributed by atoms with Crippen LogP contribution in [0.5, 0.6) is 5.75 Å². The second-order valence-electron chi connectivity index (χ2n) is 12.2. The monoisotopic (exact) mass is 750 g/mol. The lowest BCUT2D eigenvalue weighted by Crippen LogP contribution is -3.00. The molecule has 7 aromatic rings. The topological polar surface area (TPSA) is 42.2 Å². The number of aromatic nitrogens is 1. The molecule has 0 aliphatic rings. The molecule has 0 aliphatic heterocycles. The summed E-state index contributed by atoms with van der Waals surface area (Å²) in [6, 6.07) is 64.9. The number of nitrogens with one attached hydrogen (secondary N) is 2. The Kier molecular flexibility index (Phi) is 12.0. The van der Waals surface area contributed by atoms with Crippen molar-refractivity contribution >= 4 is 46.5 Å². The highest BCUT2D eigenvalue weighted by Crippen LogP contribution is 2.55. The van der Waals surface area contributed by atoms with E-state index in [0.717, 1.165) is 58.9 Å². The predicted molar refractivity (Wildman–Crippen MR) is 213 cm³/mol. The maximum atomic E-state index is 5.80. The van der Waals surface area contributed by atoms with Gasteiger partial charge in [0.1, 0.15) is 35.4 Å². The van der Waals surface area contributed by atoms with Crippen LogP contribution >= 0.6 is 7.26 Å². The van der Waals surface area contributed by atoms with Gasteiger partial charge in [-0.15, -0.1) is 0 Å². The summed E-state index contributed by atoms with van der Waals surface area (Å²) in [6.45, 7) is 0.843. The number of nitrogens with zero attached hydrogens (tertiary/aromatic N) is 1. The van der Waals surface area contributed by atoms with E-state index in [4.69, 9.17) is 4.74 Å². The quantitative estimate of drug-likeness (QED) is 0.0986. The van der Waals surface area contributed by atoms with Crippen molar-refractivity contribution in [1.82, 2.24) is 4.98 Å². The lowest BCUT2D eigenvalue weighted by molar-refractivity contribution is -0.451. The van der Waals surface area contributed by atoms with Gasteiger partial charge in [0, 0.05) is 35.2 Å². The highest BCUT2D eigenvalue weighted by molar-refractivity contribution is 7.95. The number of methoxy groups -OCH3 is 1. The van der Waals surface area contributed by atoms with Crippen molar-refractivity contribution in [2.24, 2.45) is 0 Å². The van der Waals surface area contributed by atoms with Crippen molar-refractivity contribution in [2.75, 3.05) is 24.7 Å². The van der Waals surface area contributed by atoms with Crippen LogP contribution in [-0.4, -0.2) is 31.0 Å². The van der Waals surface area contributed by atoms with Crippen molar-refractivity contribution in [3.63, 3.8) is 0 Å². The number of hydrogen-bond donors (Lipinski definition) is 2. The summed E-state index contributed by atoms with van der Waals surface area (Å²) in [5.74, 6) is 0.812. The summed E-state index contributed by atoms with van der Waals surface area (Å²) in [6.07, 6.45) is 4.13. The smallest absolute Gasteiger partial charge is 0.189 e. The fourth-order valence-corrected chi connectivity index (χ4v) is 11.1. The van der Waals surface area contributed by atoms with Crippen LogP contribution in [-0.2, 0) is 0 Å². The standard InChI is InChI=1S/C45H41N3OP.BrH/c1-49-45-34-43(36-28-30-39(31-29-36)48(37-18-7-2-8-19-37)38-20-9-3-10-21-38)47-44(45)35-46-32-17-33-50(40-22-11-4-12-23-40,41-24-13-5-14-25-41)42-26-15-6-16-27-42;/h2-16,18-31,34-35,47H,17,32-33H2,1H3;1H/q+1;. The van der Waals surface area contributed by atoms with Crippen LogP contribution in [0.15, 0.2) is 182 Å². The Bertz CT molecular complexity index is 1970. The third-order valence-corrected chi connectivity index (χ3v) is 13.7. The molecule has 1 aromatic heterocycles. The normalized spacial score (nSPS) is 11.2. The zero-order chi connectivity index (χ0) is 34.0. The fourth-order valence-electron chi connectivity index (χ4n) is 6.75. The first-order valence-corrected chi connectivity index (χ1v) is 19.1. The van der Waals surface area contributed by atoms with Gasteiger partial charge in [0.15, 0.2) is 12.0 Å². The molecule has 0 amide bonds. The molecule has 0 radical (unpaired) electrons. The van der Waals surface area contributed by atoms with E-state index in [1.165, 1.54) is 15.9 Å². The molecule has 0 saturated heterocycles. The SMILES string of the molecule is COc1cc(-c2ccc(N(c3ccccc3)c3ccccc3)cc2)[nH]c1C=[NH+]CCC[P+](c1ccccc1)(c1ccccc1)c1ccccc1.[Br-]. The molecular weight excluding hydrogens is 709 g/mol. The van der Waals surface area contributed by atoms with Gasteiger partial charge in [0.05, 0.1) is 13.3 Å². The van der Waals surface area contributed by atoms with Crippen molar-refractivity contribution < 1.29 is 26.7 Å². The number of benzene rings is 6. The Morgan fingerprint density at radius 1 is 0.588 bits per heavy atom. The van der Waals surface area contributed by atoms with Gasteiger partial charge in [-0.2, -0.15) is 0 Å². The number of halogens is 1. The summed E-state index contributed by atoms with van der Waals surface area (Å²) >= 11 is 0. The largest absolute Gasteiger partial charge is 1.00 e. The van der Waals surface area contributed by atoms with Crippen molar-refractivity contribution in [1.29, 1.82) is 0 Å². The van der Waals surface area contributed by atoms with Gasteiger partial charge in [-0.1, -0.05) is 103 Å². The first kappa shape index (κ1) is 35.6. The molecule has 0 bridgehead atoms. The highest BCUT2D eigenvalue weighted by atomic mass is 79.9. The number of hydrogen-bond acceptors (Lipinski definition) is 2. The van der Waals surface area contributed by atoms with Gasteiger partial charge >= 0.3 is 0 Å². The Labute approximate surface area is 312 Å². The van der Waals surface area contributed by atoms with Crippen LogP contribution in [0.3, 0.4) is 0 Å². The van der Waals surface area contributed by atoms with E-state index >= 15 is 0 Å². The molecule has 0 aliphatic carbocycles. The zero-order valence-electron chi connectivity index (χ0n) is 28.7. The molecule has 4 nitrogen and oxygen atoms in total. The lowest BCUT2D eigenvalue weighted by atomic mass is 10.1. The molecule has 7 rings (SSSR count). The average Bonchev–Trinajstić information content (AvgIpc) is 3.62. The molecule has 0 atom stereocenters. The molecule has 6 aromatic carbocycles. The Morgan fingerprint density at radius 2 is 1.02 bits per heavy atom. The van der Waals surface area contributed by atoms with Crippen molar-refractivity contribution in [2.45, 2.75) is 6.42 Å². The molecular formula is C45H42BrN3OP+. The molecule has 0 saturated carbocycles. The Balaban J connectivity index is 0.00000448. The van der Waals surface area contributed by atoms with Crippen LogP contribution in [0, 0.1) is 0 Å². The van der Waals surface area contributed by atoms with Crippen LogP contribution in [0.4, 0.5) is 17.1 Å². The maximum Gasteiger partial charge on any atom is 0.189 e. The number of aromatic amines is 1. The second kappa shape index (κ2) is 17.1. The van der Waals surface area contributed by atoms with Crippen molar-refractivity contribution in [3.05, 3.63) is 188 Å². The first-order valence-electron chi connectivity index (χ1n) is 17.2. The van der Waals surface area contributed by atoms with E-state index < -0.39 is 7.26 Å². The summed E-state index contributed by atoms with van der Waals surface area (Å²) in [4.78, 5) is 9.47. The first-order chi connectivity index (χ1) is 24.8. The minimum atomic E-state index is -1.86. The van der Waals surface area contributed by atoms with E-state index in [1.807, 2.05) is 12.1 Å². The molecule has 0 fully saturated rings. The van der Waals surface area contributed by atoms with E-state index in [2.05, 4.69) is 191 Å². The van der Waals surface area contributed by atoms with Crippen LogP contribution in [0.1, 0.15) is 12.1 Å². The van der Waals surface area contributed by atoms with Gasteiger partial charge in [-0.05, 0) is 78.4 Å². The molecule has 0 unspecified atom stereocenters. The van der Waals surface area contributed by atoms with Crippen LogP contribution < -0.4 is 47.5 Å². The Morgan fingerprint density at radius 3 is 1.47 bits per heavy atom. The molecule has 6 heteroatoms. The van der Waals surface area contributed by atoms with E-state index in [1.54, 1.807) is 7.11 Å². The third kappa shape index (κ3) is 7.91. The molecule has 1 heterocycles. The summed E-state index contributed by atoms with van der Waals surface area (Å²) in [5, 5.41) is 4.25. The number of rotatable bonds is 13. The third-order valence-electron chi connectivity index (χ3n) is 9.15. The Hall–Kier alpha value is -5.22. The number of H-pyrrole nitrogens is 1. The van der Waals surface area contributed by atoms with Crippen LogP contribution in [0.25, 0.3) is 11.3 Å². The summed E-state index contributed by atoms with van der Waals surface area (Å²) in [5.41, 5.74) is 6.36. The van der Waals surface area contributed by atoms with Gasteiger partial charge in [-0.3, -0.25) is 0 Å². The zero-order valence-corrected chi connectivity index (χ0v) is 31.2. The van der Waals surface area contributed by atoms with Gasteiger partial charge in [0.25, 0.3) is 0 Å². The van der Waals surface area contributed by atoms with E-state index in [0.29, 0.717) is 0 Å². The predicted octanol–water partition coefficient (Wildman–Crippen LogP) is 5.05. The second-order valence-corrected chi connectivity index (χ2v) is 15.8. The molecule has 0 spiro atoms. The number of anilines is 3. The van der Waals surface area contributed by atoms with E-state index in [9.17, 15) is 0 Å². The maximum absolute atomic E-state index is 5.80. The highest BCUT2D eigenvalue weighted by Gasteiger charge is 2.44. The van der Waals surface area contributed by atoms with Crippen molar-refractivity contribution in [3.8, 4) is 17.0 Å². The lowest BCUT2D eigenvalue weighted by Gasteiger charge is -2.27. The van der Waals surface area contributed by atoms with E-state index in [-0.39, 0.29) is 17.0 Å². The number of para-hydroxylation sites is 2. The van der Waals surface area contributed by atoms with Crippen LogP contribution in [0.2, 0.25) is 0 Å². The minimum absolute atomic E-state index is 0.